The second-order valence-corrected chi connectivity index (χ2v) is 6.10. The van der Waals surface area contributed by atoms with Gasteiger partial charge in [-0.25, -0.2) is 0 Å². The van der Waals surface area contributed by atoms with Gasteiger partial charge in [0.1, 0.15) is 11.6 Å². The number of halogens is 1. The van der Waals surface area contributed by atoms with Gasteiger partial charge in [0, 0.05) is 17.6 Å². The summed E-state index contributed by atoms with van der Waals surface area (Å²) in [7, 11) is 0. The summed E-state index contributed by atoms with van der Waals surface area (Å²) < 4.78 is 11.4. The maximum Gasteiger partial charge on any atom is 0.264 e. The number of amides is 1. The van der Waals surface area contributed by atoms with Gasteiger partial charge in [-0.05, 0) is 43.0 Å². The number of hydrogen-bond donors (Lipinski definition) is 0. The molecule has 5 nitrogen and oxygen atoms in total. The van der Waals surface area contributed by atoms with Crippen molar-refractivity contribution in [1.29, 1.82) is 5.26 Å². The molecule has 0 saturated carbocycles. The summed E-state index contributed by atoms with van der Waals surface area (Å²) in [6.45, 7) is 1.63. The Balaban J connectivity index is 1.88. The van der Waals surface area contributed by atoms with E-state index in [0.717, 1.165) is 42.4 Å². The lowest BCUT2D eigenvalue weighted by Crippen LogP contribution is -2.36. The van der Waals surface area contributed by atoms with Gasteiger partial charge in [-0.15, -0.1) is 0 Å². The quantitative estimate of drug-likeness (QED) is 0.598. The van der Waals surface area contributed by atoms with Crippen LogP contribution in [-0.2, 0) is 4.79 Å². The highest BCUT2D eigenvalue weighted by atomic mass is 79.9. The van der Waals surface area contributed by atoms with E-state index in [1.807, 2.05) is 6.07 Å². The molecule has 22 heavy (non-hydrogen) atoms. The summed E-state index contributed by atoms with van der Waals surface area (Å²) in [5, 5.41) is 9.34. The zero-order valence-electron chi connectivity index (χ0n) is 12.0. The predicted molar refractivity (Wildman–Crippen MR) is 84.3 cm³/mol. The molecule has 0 aliphatic carbocycles. The van der Waals surface area contributed by atoms with E-state index in [1.54, 1.807) is 23.1 Å². The zero-order chi connectivity index (χ0) is 15.5. The number of ether oxygens (including phenoxy) is 2. The van der Waals surface area contributed by atoms with E-state index in [-0.39, 0.29) is 18.3 Å². The number of likely N-dealkylation sites (tertiary alicyclic amines) is 1. The number of carbonyl (C=O) groups excluding carboxylic acids is 1. The number of carbonyl (C=O) groups is 1. The third-order valence-electron chi connectivity index (χ3n) is 3.79. The van der Waals surface area contributed by atoms with Gasteiger partial charge in [-0.1, -0.05) is 15.9 Å². The molecule has 6 heteroatoms. The number of nitrogens with zero attached hydrogens (tertiary/aromatic N) is 2. The second-order valence-electron chi connectivity index (χ2n) is 5.25. The maximum atomic E-state index is 12.4. The first-order chi connectivity index (χ1) is 10.7. The first-order valence-corrected chi connectivity index (χ1v) is 7.98. The third kappa shape index (κ3) is 2.95. The smallest absolute Gasteiger partial charge is 0.264 e. The van der Waals surface area contributed by atoms with Crippen LogP contribution < -0.4 is 9.47 Å². The van der Waals surface area contributed by atoms with Crippen LogP contribution in [0.4, 0.5) is 0 Å². The molecule has 1 aromatic carbocycles. The highest BCUT2D eigenvalue weighted by molar-refractivity contribution is 9.10. The Hall–Kier alpha value is -2.00. The molecule has 3 rings (SSSR count). The Morgan fingerprint density at radius 3 is 2.59 bits per heavy atom. The number of nitriles is 1. The van der Waals surface area contributed by atoms with Crippen molar-refractivity contribution in [1.82, 2.24) is 4.90 Å². The second kappa shape index (κ2) is 6.41. The van der Waals surface area contributed by atoms with E-state index in [0.29, 0.717) is 11.5 Å². The van der Waals surface area contributed by atoms with E-state index >= 15 is 0 Å². The van der Waals surface area contributed by atoms with Crippen LogP contribution in [0.2, 0.25) is 0 Å². The Bertz CT molecular complexity index is 673. The van der Waals surface area contributed by atoms with Crippen molar-refractivity contribution in [2.45, 2.75) is 19.3 Å². The number of hydrogen-bond acceptors (Lipinski definition) is 4. The summed E-state index contributed by atoms with van der Waals surface area (Å²) in [5.74, 6) is 1.08. The van der Waals surface area contributed by atoms with Gasteiger partial charge in [0.2, 0.25) is 6.79 Å². The number of piperidine rings is 1. The van der Waals surface area contributed by atoms with Crippen LogP contribution >= 0.6 is 15.9 Å². The molecule has 0 N–H and O–H groups in total. The van der Waals surface area contributed by atoms with Crippen molar-refractivity contribution in [3.8, 4) is 17.6 Å². The molecule has 1 fully saturated rings. The Morgan fingerprint density at radius 2 is 1.91 bits per heavy atom. The number of benzene rings is 1. The van der Waals surface area contributed by atoms with Crippen LogP contribution in [0.25, 0.3) is 6.08 Å². The molecule has 114 valence electrons. The topological polar surface area (TPSA) is 62.6 Å². The van der Waals surface area contributed by atoms with Crippen LogP contribution in [-0.4, -0.2) is 30.7 Å². The fourth-order valence-corrected chi connectivity index (χ4v) is 3.05. The molecule has 1 saturated heterocycles. The van der Waals surface area contributed by atoms with Crippen molar-refractivity contribution in [3.63, 3.8) is 0 Å². The monoisotopic (exact) mass is 362 g/mol. The lowest BCUT2D eigenvalue weighted by molar-refractivity contribution is -0.127. The van der Waals surface area contributed by atoms with Gasteiger partial charge >= 0.3 is 0 Å². The largest absolute Gasteiger partial charge is 0.454 e. The van der Waals surface area contributed by atoms with Gasteiger partial charge in [-0.3, -0.25) is 4.79 Å². The summed E-state index contributed by atoms with van der Waals surface area (Å²) in [6, 6.07) is 5.58. The summed E-state index contributed by atoms with van der Waals surface area (Å²) in [5.41, 5.74) is 0.868. The Kier molecular flexibility index (Phi) is 4.34. The summed E-state index contributed by atoms with van der Waals surface area (Å²) >= 11 is 3.44. The lowest BCUT2D eigenvalue weighted by atomic mass is 10.1. The van der Waals surface area contributed by atoms with Crippen LogP contribution in [0.1, 0.15) is 24.8 Å². The lowest BCUT2D eigenvalue weighted by Gasteiger charge is -2.26. The highest BCUT2D eigenvalue weighted by Gasteiger charge is 2.21. The van der Waals surface area contributed by atoms with Crippen LogP contribution in [0.5, 0.6) is 11.5 Å². The molecule has 1 amide bonds. The van der Waals surface area contributed by atoms with E-state index < -0.39 is 0 Å². The molecule has 2 aliphatic rings. The minimum absolute atomic E-state index is 0.140. The van der Waals surface area contributed by atoms with Gasteiger partial charge in [-0.2, -0.15) is 5.26 Å². The van der Waals surface area contributed by atoms with Crippen molar-refractivity contribution in [2.75, 3.05) is 19.9 Å². The van der Waals surface area contributed by atoms with Crippen LogP contribution in [0.15, 0.2) is 22.2 Å². The average molecular weight is 363 g/mol. The third-order valence-corrected chi connectivity index (χ3v) is 4.47. The minimum atomic E-state index is -0.202. The average Bonchev–Trinajstić information content (AvgIpc) is 2.99. The molecular formula is C16H15BrN2O3. The van der Waals surface area contributed by atoms with Gasteiger partial charge in [0.05, 0.1) is 0 Å². The fourth-order valence-electron chi connectivity index (χ4n) is 2.61. The van der Waals surface area contributed by atoms with Gasteiger partial charge in [0.25, 0.3) is 5.91 Å². The molecule has 0 atom stereocenters. The highest BCUT2D eigenvalue weighted by Crippen LogP contribution is 2.37. The molecule has 2 aliphatic heterocycles. The Labute approximate surface area is 137 Å². The van der Waals surface area contributed by atoms with Gasteiger partial charge < -0.3 is 14.4 Å². The molecule has 2 heterocycles. The first-order valence-electron chi connectivity index (χ1n) is 7.19. The molecular weight excluding hydrogens is 348 g/mol. The number of fused-ring (bicyclic) bond motifs is 1. The summed E-state index contributed by atoms with van der Waals surface area (Å²) in [6.07, 6.45) is 4.74. The molecule has 0 unspecified atom stereocenters. The first kappa shape index (κ1) is 14.9. The summed E-state index contributed by atoms with van der Waals surface area (Å²) in [4.78, 5) is 14.2. The van der Waals surface area contributed by atoms with E-state index in [9.17, 15) is 10.1 Å². The number of rotatable bonds is 2. The van der Waals surface area contributed by atoms with E-state index in [1.165, 1.54) is 0 Å². The molecule has 0 aromatic heterocycles. The predicted octanol–water partition coefficient (Wildman–Crippen LogP) is 3.10. The zero-order valence-corrected chi connectivity index (χ0v) is 13.6. The standard InChI is InChI=1S/C16H15BrN2O3/c17-13-8-15-14(21-10-22-15)7-11(13)6-12(9-18)16(20)19-4-2-1-3-5-19/h6-8H,1-5,10H2. The molecule has 1 aromatic rings. The van der Waals surface area contributed by atoms with Crippen molar-refractivity contribution >= 4 is 27.9 Å². The minimum Gasteiger partial charge on any atom is -0.454 e. The van der Waals surface area contributed by atoms with Crippen LogP contribution in [0.3, 0.4) is 0 Å². The van der Waals surface area contributed by atoms with Crippen molar-refractivity contribution in [2.24, 2.45) is 0 Å². The normalized spacial score (nSPS) is 17.3. The van der Waals surface area contributed by atoms with E-state index in [2.05, 4.69) is 15.9 Å². The van der Waals surface area contributed by atoms with Crippen LogP contribution in [0, 0.1) is 11.3 Å². The van der Waals surface area contributed by atoms with Gasteiger partial charge in [0.15, 0.2) is 11.5 Å². The molecule has 0 radical (unpaired) electrons. The van der Waals surface area contributed by atoms with Crippen molar-refractivity contribution in [3.05, 3.63) is 27.7 Å². The molecule has 0 bridgehead atoms. The van der Waals surface area contributed by atoms with E-state index in [4.69, 9.17) is 9.47 Å². The Morgan fingerprint density at radius 1 is 1.23 bits per heavy atom. The molecule has 0 spiro atoms. The SMILES string of the molecule is N#CC(=Cc1cc2c(cc1Br)OCO2)C(=O)N1CCCCC1. The van der Waals surface area contributed by atoms with Crippen molar-refractivity contribution < 1.29 is 14.3 Å². The fraction of sp³-hybridized carbons (Fsp3) is 0.375. The maximum absolute atomic E-state index is 12.4.